The van der Waals surface area contributed by atoms with Gasteiger partial charge < -0.3 is 24.0 Å². The number of hydrogen-bond acceptors (Lipinski definition) is 9. The van der Waals surface area contributed by atoms with Gasteiger partial charge in [-0.2, -0.15) is 0 Å². The fourth-order valence-electron chi connectivity index (χ4n) is 2.76. The minimum absolute atomic E-state index is 0.363. The Morgan fingerprint density at radius 2 is 0.931 bits per heavy atom. The van der Waals surface area contributed by atoms with Crippen LogP contribution in [0.3, 0.4) is 0 Å². The van der Waals surface area contributed by atoms with Crippen molar-refractivity contribution in [3.05, 3.63) is 34.6 Å². The van der Waals surface area contributed by atoms with E-state index in [4.69, 9.17) is 37.4 Å². The van der Waals surface area contributed by atoms with Crippen LogP contribution in [0.5, 0.6) is 0 Å². The molecule has 0 spiro atoms. The maximum atomic E-state index is 5.85. The Morgan fingerprint density at radius 1 is 0.552 bits per heavy atom. The first-order valence-electron chi connectivity index (χ1n) is 9.44. The van der Waals surface area contributed by atoms with E-state index >= 15 is 0 Å². The molecule has 1 saturated heterocycles. The first-order chi connectivity index (χ1) is 14.2. The van der Waals surface area contributed by atoms with Gasteiger partial charge in [-0.05, 0) is 24.3 Å². The van der Waals surface area contributed by atoms with E-state index in [-0.39, 0.29) is 0 Å². The maximum Gasteiger partial charge on any atom is 0.151 e. The molecule has 0 amide bonds. The fraction of sp³-hybridized carbons (Fsp3) is 0.556. The van der Waals surface area contributed by atoms with E-state index in [0.29, 0.717) is 76.1 Å². The predicted molar refractivity (Wildman–Crippen MR) is 111 cm³/mol. The molecule has 29 heavy (non-hydrogen) atoms. The molecule has 11 heteroatoms. The highest BCUT2D eigenvalue weighted by atomic mass is 35.5. The molecule has 0 atom stereocenters. The second-order valence-corrected chi connectivity index (χ2v) is 7.01. The second kappa shape index (κ2) is 12.0. The molecule has 1 aliphatic heterocycles. The second-order valence-electron chi connectivity index (χ2n) is 6.24. The zero-order chi connectivity index (χ0) is 20.3. The maximum absolute atomic E-state index is 5.85. The van der Waals surface area contributed by atoms with E-state index in [1.54, 1.807) is 12.1 Å². The van der Waals surface area contributed by atoms with Crippen LogP contribution in [-0.2, 0) is 14.2 Å². The summed E-state index contributed by atoms with van der Waals surface area (Å²) >= 11 is 11.7. The Hall–Kier alpha value is -1.78. The molecule has 3 heterocycles. The SMILES string of the molecule is Clc1ccc(N2CCOCCOCCN(c3ccc(Cl)nn3)CCOCC2)nn1. The highest BCUT2D eigenvalue weighted by Crippen LogP contribution is 2.13. The largest absolute Gasteiger partial charge is 0.378 e. The first-order valence-corrected chi connectivity index (χ1v) is 10.2. The van der Waals surface area contributed by atoms with E-state index in [2.05, 4.69) is 30.2 Å². The van der Waals surface area contributed by atoms with Gasteiger partial charge in [-0.3, -0.25) is 0 Å². The minimum Gasteiger partial charge on any atom is -0.378 e. The van der Waals surface area contributed by atoms with Crippen molar-refractivity contribution in [2.24, 2.45) is 0 Å². The van der Waals surface area contributed by atoms with Gasteiger partial charge in [0.15, 0.2) is 21.9 Å². The van der Waals surface area contributed by atoms with Crippen molar-refractivity contribution in [3.8, 4) is 0 Å². The Kier molecular flexibility index (Phi) is 9.10. The molecule has 2 aromatic heterocycles. The van der Waals surface area contributed by atoms with Crippen LogP contribution in [0, 0.1) is 0 Å². The van der Waals surface area contributed by atoms with Gasteiger partial charge in [0.1, 0.15) is 0 Å². The Labute approximate surface area is 179 Å². The third kappa shape index (κ3) is 7.52. The zero-order valence-electron chi connectivity index (χ0n) is 16.0. The molecule has 9 nitrogen and oxygen atoms in total. The average molecular weight is 443 g/mol. The van der Waals surface area contributed by atoms with Gasteiger partial charge in [0.25, 0.3) is 0 Å². The number of nitrogens with zero attached hydrogens (tertiary/aromatic N) is 6. The van der Waals surface area contributed by atoms with Gasteiger partial charge in [0, 0.05) is 26.2 Å². The number of anilines is 2. The van der Waals surface area contributed by atoms with Crippen LogP contribution in [0.2, 0.25) is 10.3 Å². The Morgan fingerprint density at radius 3 is 1.28 bits per heavy atom. The van der Waals surface area contributed by atoms with Crippen LogP contribution < -0.4 is 9.80 Å². The van der Waals surface area contributed by atoms with E-state index < -0.39 is 0 Å². The number of halogens is 2. The van der Waals surface area contributed by atoms with E-state index in [1.165, 1.54) is 0 Å². The lowest BCUT2D eigenvalue weighted by Crippen LogP contribution is -2.34. The van der Waals surface area contributed by atoms with E-state index in [0.717, 1.165) is 11.6 Å². The number of aromatic nitrogens is 4. The highest BCUT2D eigenvalue weighted by Gasteiger charge is 2.12. The van der Waals surface area contributed by atoms with Gasteiger partial charge in [-0.15, -0.1) is 20.4 Å². The van der Waals surface area contributed by atoms with Crippen molar-refractivity contribution in [3.63, 3.8) is 0 Å². The summed E-state index contributed by atoms with van der Waals surface area (Å²) < 4.78 is 17.2. The van der Waals surface area contributed by atoms with Crippen molar-refractivity contribution in [2.75, 3.05) is 75.6 Å². The van der Waals surface area contributed by atoms with Crippen molar-refractivity contribution < 1.29 is 14.2 Å². The standard InChI is InChI=1S/C18H24Cl2N6O3/c19-15-1-3-17(23-21-15)25-5-9-27-10-6-26(18-4-2-16(20)22-24-18)8-12-29-14-13-28-11-7-25/h1-4H,5-14H2. The summed E-state index contributed by atoms with van der Waals surface area (Å²) in [7, 11) is 0. The number of hydrogen-bond donors (Lipinski definition) is 0. The first kappa shape index (κ1) is 21.9. The molecule has 158 valence electrons. The van der Waals surface area contributed by atoms with E-state index in [9.17, 15) is 0 Å². The summed E-state index contributed by atoms with van der Waals surface area (Å²) in [5.41, 5.74) is 0. The molecule has 0 saturated carbocycles. The summed E-state index contributed by atoms with van der Waals surface area (Å²) in [6.45, 7) is 5.92. The molecule has 2 aromatic rings. The molecule has 0 unspecified atom stereocenters. The fourth-order valence-corrected chi connectivity index (χ4v) is 2.96. The van der Waals surface area contributed by atoms with Gasteiger partial charge in [0.05, 0.1) is 39.6 Å². The van der Waals surface area contributed by atoms with E-state index in [1.807, 2.05) is 12.1 Å². The lowest BCUT2D eigenvalue weighted by molar-refractivity contribution is 0.0529. The third-order valence-electron chi connectivity index (χ3n) is 4.28. The molecule has 3 rings (SSSR count). The number of ether oxygens (including phenoxy) is 3. The molecule has 1 fully saturated rings. The van der Waals surface area contributed by atoms with Gasteiger partial charge >= 0.3 is 0 Å². The van der Waals surface area contributed by atoms with Crippen LogP contribution >= 0.6 is 23.2 Å². The summed E-state index contributed by atoms with van der Waals surface area (Å²) in [6, 6.07) is 7.13. The average Bonchev–Trinajstić information content (AvgIpc) is 2.74. The van der Waals surface area contributed by atoms with Crippen LogP contribution in [0.25, 0.3) is 0 Å². The van der Waals surface area contributed by atoms with Crippen molar-refractivity contribution in [1.29, 1.82) is 0 Å². The molecule has 0 N–H and O–H groups in total. The summed E-state index contributed by atoms with van der Waals surface area (Å²) in [6.07, 6.45) is 0. The lowest BCUT2D eigenvalue weighted by atomic mass is 10.4. The Bertz CT molecular complexity index is 661. The molecule has 0 radical (unpaired) electrons. The third-order valence-corrected chi connectivity index (χ3v) is 4.68. The topological polar surface area (TPSA) is 85.7 Å². The van der Waals surface area contributed by atoms with Crippen molar-refractivity contribution in [1.82, 2.24) is 20.4 Å². The van der Waals surface area contributed by atoms with Crippen LogP contribution in [0.15, 0.2) is 24.3 Å². The molecular formula is C18H24Cl2N6O3. The van der Waals surface area contributed by atoms with Crippen molar-refractivity contribution >= 4 is 34.8 Å². The van der Waals surface area contributed by atoms with Gasteiger partial charge in [-0.25, -0.2) is 0 Å². The summed E-state index contributed by atoms with van der Waals surface area (Å²) in [4.78, 5) is 4.12. The van der Waals surface area contributed by atoms with Gasteiger partial charge in [-0.1, -0.05) is 23.2 Å². The molecular weight excluding hydrogens is 419 g/mol. The smallest absolute Gasteiger partial charge is 0.151 e. The highest BCUT2D eigenvalue weighted by molar-refractivity contribution is 6.29. The van der Waals surface area contributed by atoms with Crippen LogP contribution in [-0.4, -0.2) is 86.2 Å². The minimum atomic E-state index is 0.363. The quantitative estimate of drug-likeness (QED) is 0.691. The molecule has 0 aliphatic carbocycles. The number of rotatable bonds is 2. The Balaban J connectivity index is 1.59. The molecule has 1 aliphatic rings. The van der Waals surface area contributed by atoms with Crippen LogP contribution in [0.1, 0.15) is 0 Å². The van der Waals surface area contributed by atoms with Crippen molar-refractivity contribution in [2.45, 2.75) is 0 Å². The predicted octanol–water partition coefficient (Wildman–Crippen LogP) is 1.95. The monoisotopic (exact) mass is 442 g/mol. The van der Waals surface area contributed by atoms with Gasteiger partial charge in [0.2, 0.25) is 0 Å². The normalized spacial score (nSPS) is 18.1. The molecule has 0 aromatic carbocycles. The summed E-state index contributed by atoms with van der Waals surface area (Å²) in [5.74, 6) is 1.47. The van der Waals surface area contributed by atoms with Crippen LogP contribution in [0.4, 0.5) is 11.6 Å². The molecule has 0 bridgehead atoms. The zero-order valence-corrected chi connectivity index (χ0v) is 17.6. The summed E-state index contributed by atoms with van der Waals surface area (Å²) in [5, 5.41) is 16.9. The lowest BCUT2D eigenvalue weighted by Gasteiger charge is -2.24.